The standard InChI is InChI=1S/C14H24O6/c15-9-3-1-5-11(17)13(19)8-10(16)4-2-6-12(18)14(20)7-9/h9-12,15-18H,1-8H2. The number of aliphatic hydroxyl groups excluding tert-OH is 4. The lowest BCUT2D eigenvalue weighted by atomic mass is 9.95. The van der Waals surface area contributed by atoms with E-state index in [4.69, 9.17) is 0 Å². The van der Waals surface area contributed by atoms with Gasteiger partial charge in [0.15, 0.2) is 11.6 Å². The lowest BCUT2D eigenvalue weighted by Crippen LogP contribution is -2.28. The Morgan fingerprint density at radius 2 is 1.00 bits per heavy atom. The van der Waals surface area contributed by atoms with Crippen LogP contribution in [0.25, 0.3) is 0 Å². The fourth-order valence-electron chi connectivity index (χ4n) is 2.36. The molecule has 0 heterocycles. The van der Waals surface area contributed by atoms with Crippen LogP contribution in [-0.2, 0) is 9.59 Å². The second kappa shape index (κ2) is 8.46. The summed E-state index contributed by atoms with van der Waals surface area (Å²) in [6, 6.07) is 0. The SMILES string of the molecule is O=C1CC(O)CCCC(O)C(=O)CC(O)CCCC1O. The van der Waals surface area contributed by atoms with Crippen molar-refractivity contribution in [1.29, 1.82) is 0 Å². The first-order valence-corrected chi connectivity index (χ1v) is 7.17. The molecular formula is C14H24O6. The van der Waals surface area contributed by atoms with Gasteiger partial charge in [0, 0.05) is 12.8 Å². The molecule has 1 fully saturated rings. The highest BCUT2D eigenvalue weighted by atomic mass is 16.3. The molecule has 1 aliphatic carbocycles. The number of carbonyl (C=O) groups is 2. The minimum atomic E-state index is -1.12. The van der Waals surface area contributed by atoms with Gasteiger partial charge < -0.3 is 20.4 Å². The van der Waals surface area contributed by atoms with Gasteiger partial charge in [0.2, 0.25) is 0 Å². The summed E-state index contributed by atoms with van der Waals surface area (Å²) in [4.78, 5) is 23.2. The summed E-state index contributed by atoms with van der Waals surface area (Å²) >= 11 is 0. The van der Waals surface area contributed by atoms with E-state index in [0.717, 1.165) is 0 Å². The summed E-state index contributed by atoms with van der Waals surface area (Å²) in [6.45, 7) is 0. The molecule has 0 radical (unpaired) electrons. The van der Waals surface area contributed by atoms with Crippen LogP contribution in [0.3, 0.4) is 0 Å². The monoisotopic (exact) mass is 288 g/mol. The number of hydrogen-bond donors (Lipinski definition) is 4. The van der Waals surface area contributed by atoms with Gasteiger partial charge in [0.05, 0.1) is 12.2 Å². The number of carbonyl (C=O) groups excluding carboxylic acids is 2. The zero-order chi connectivity index (χ0) is 15.1. The van der Waals surface area contributed by atoms with Gasteiger partial charge >= 0.3 is 0 Å². The van der Waals surface area contributed by atoms with E-state index in [2.05, 4.69) is 0 Å². The molecule has 4 atom stereocenters. The quantitative estimate of drug-likeness (QED) is 0.486. The first-order valence-electron chi connectivity index (χ1n) is 7.17. The molecule has 0 aromatic rings. The van der Waals surface area contributed by atoms with Crippen molar-refractivity contribution in [2.75, 3.05) is 0 Å². The van der Waals surface area contributed by atoms with Crippen molar-refractivity contribution in [2.24, 2.45) is 0 Å². The molecule has 1 rings (SSSR count). The van der Waals surface area contributed by atoms with Crippen molar-refractivity contribution < 1.29 is 30.0 Å². The van der Waals surface area contributed by atoms with E-state index in [9.17, 15) is 30.0 Å². The Bertz CT molecular complexity index is 298. The molecule has 6 nitrogen and oxygen atoms in total. The normalized spacial score (nSPS) is 35.6. The fourth-order valence-corrected chi connectivity index (χ4v) is 2.36. The van der Waals surface area contributed by atoms with E-state index in [1.165, 1.54) is 0 Å². The fraction of sp³-hybridized carbons (Fsp3) is 0.857. The summed E-state index contributed by atoms with van der Waals surface area (Å²) in [7, 11) is 0. The van der Waals surface area contributed by atoms with Crippen LogP contribution < -0.4 is 0 Å². The Hall–Kier alpha value is -0.820. The lowest BCUT2D eigenvalue weighted by Gasteiger charge is -2.17. The van der Waals surface area contributed by atoms with Gasteiger partial charge in [-0.1, -0.05) is 0 Å². The second-order valence-electron chi connectivity index (χ2n) is 5.54. The van der Waals surface area contributed by atoms with Crippen molar-refractivity contribution >= 4 is 11.6 Å². The average Bonchev–Trinajstić information content (AvgIpc) is 2.37. The molecule has 0 aromatic heterocycles. The molecule has 4 N–H and O–H groups in total. The van der Waals surface area contributed by atoms with Crippen LogP contribution in [0.1, 0.15) is 51.4 Å². The lowest BCUT2D eigenvalue weighted by molar-refractivity contribution is -0.131. The van der Waals surface area contributed by atoms with E-state index in [1.807, 2.05) is 0 Å². The van der Waals surface area contributed by atoms with E-state index in [1.54, 1.807) is 0 Å². The number of hydrogen-bond acceptors (Lipinski definition) is 6. The van der Waals surface area contributed by atoms with Gasteiger partial charge in [-0.2, -0.15) is 0 Å². The third-order valence-corrected chi connectivity index (χ3v) is 3.65. The predicted molar refractivity (Wildman–Crippen MR) is 71.0 cm³/mol. The first-order chi connectivity index (χ1) is 9.40. The summed E-state index contributed by atoms with van der Waals surface area (Å²) in [5, 5.41) is 38.6. The number of Topliss-reactive ketones (excluding diaryl/α,β-unsaturated/α-hetero) is 2. The van der Waals surface area contributed by atoms with Crippen molar-refractivity contribution in [3.63, 3.8) is 0 Å². The van der Waals surface area contributed by atoms with Crippen LogP contribution in [0.4, 0.5) is 0 Å². The van der Waals surface area contributed by atoms with Crippen LogP contribution in [0.5, 0.6) is 0 Å². The maximum absolute atomic E-state index is 11.6. The Morgan fingerprint density at radius 3 is 1.35 bits per heavy atom. The Kier molecular flexibility index (Phi) is 7.29. The van der Waals surface area contributed by atoms with Gasteiger partial charge in [0.1, 0.15) is 12.2 Å². The Morgan fingerprint density at radius 1 is 0.650 bits per heavy atom. The third-order valence-electron chi connectivity index (χ3n) is 3.65. The van der Waals surface area contributed by atoms with Crippen LogP contribution in [-0.4, -0.2) is 56.4 Å². The van der Waals surface area contributed by atoms with E-state index >= 15 is 0 Å². The molecule has 0 bridgehead atoms. The molecule has 0 aromatic carbocycles. The van der Waals surface area contributed by atoms with Gasteiger partial charge in [-0.05, 0) is 38.5 Å². The van der Waals surface area contributed by atoms with Crippen molar-refractivity contribution in [2.45, 2.75) is 75.8 Å². The Labute approximate surface area is 118 Å². The largest absolute Gasteiger partial charge is 0.393 e. The van der Waals surface area contributed by atoms with Crippen LogP contribution >= 0.6 is 0 Å². The molecule has 4 unspecified atom stereocenters. The molecule has 0 spiro atoms. The van der Waals surface area contributed by atoms with Gasteiger partial charge in [0.25, 0.3) is 0 Å². The molecular weight excluding hydrogens is 264 g/mol. The second-order valence-corrected chi connectivity index (χ2v) is 5.54. The minimum Gasteiger partial charge on any atom is -0.393 e. The zero-order valence-corrected chi connectivity index (χ0v) is 11.6. The van der Waals surface area contributed by atoms with Crippen molar-refractivity contribution in [3.8, 4) is 0 Å². The molecule has 0 amide bonds. The highest BCUT2D eigenvalue weighted by Crippen LogP contribution is 2.15. The van der Waals surface area contributed by atoms with Crippen molar-refractivity contribution in [3.05, 3.63) is 0 Å². The van der Waals surface area contributed by atoms with Gasteiger partial charge in [-0.3, -0.25) is 9.59 Å². The highest BCUT2D eigenvalue weighted by molar-refractivity contribution is 5.83. The summed E-state index contributed by atoms with van der Waals surface area (Å²) in [5.41, 5.74) is 0. The number of aliphatic hydroxyl groups is 4. The van der Waals surface area contributed by atoms with Crippen molar-refractivity contribution in [1.82, 2.24) is 0 Å². The molecule has 6 heteroatoms. The molecule has 1 aliphatic rings. The summed E-state index contributed by atoms with van der Waals surface area (Å²) in [5.74, 6) is -0.804. The maximum atomic E-state index is 11.6. The minimum absolute atomic E-state index is 0.117. The number of rotatable bonds is 0. The topological polar surface area (TPSA) is 115 Å². The maximum Gasteiger partial charge on any atom is 0.163 e. The summed E-state index contributed by atoms with van der Waals surface area (Å²) in [6.07, 6.45) is -2.36. The highest BCUT2D eigenvalue weighted by Gasteiger charge is 2.23. The number of ketones is 2. The van der Waals surface area contributed by atoms with Crippen LogP contribution in [0, 0.1) is 0 Å². The molecule has 1 saturated carbocycles. The van der Waals surface area contributed by atoms with Gasteiger partial charge in [-0.25, -0.2) is 0 Å². The molecule has 116 valence electrons. The van der Waals surface area contributed by atoms with Crippen LogP contribution in [0.15, 0.2) is 0 Å². The Balaban J connectivity index is 2.60. The molecule has 0 saturated heterocycles. The average molecular weight is 288 g/mol. The van der Waals surface area contributed by atoms with E-state index in [-0.39, 0.29) is 25.7 Å². The first kappa shape index (κ1) is 17.2. The molecule has 20 heavy (non-hydrogen) atoms. The summed E-state index contributed by atoms with van der Waals surface area (Å²) < 4.78 is 0. The third kappa shape index (κ3) is 6.09. The van der Waals surface area contributed by atoms with E-state index in [0.29, 0.717) is 25.7 Å². The zero-order valence-electron chi connectivity index (χ0n) is 11.6. The molecule has 0 aliphatic heterocycles. The van der Waals surface area contributed by atoms with Crippen LogP contribution in [0.2, 0.25) is 0 Å². The van der Waals surface area contributed by atoms with Gasteiger partial charge in [-0.15, -0.1) is 0 Å². The van der Waals surface area contributed by atoms with E-state index < -0.39 is 36.0 Å². The predicted octanol–water partition coefficient (Wildman–Crippen LogP) is -0.297. The smallest absolute Gasteiger partial charge is 0.163 e.